The number of rotatable bonds is 3. The number of halogens is 2. The maximum absolute atomic E-state index is 12.0. The van der Waals surface area contributed by atoms with Gasteiger partial charge in [0, 0.05) is 27.7 Å². The first-order chi connectivity index (χ1) is 8.66. The van der Waals surface area contributed by atoms with Crippen LogP contribution in [-0.2, 0) is 4.74 Å². The van der Waals surface area contributed by atoms with Crippen molar-refractivity contribution in [2.45, 2.75) is 6.10 Å². The standard InChI is InChI=1S/C12H14BrIN2O2/c13-8-1-2-11(14)10(5-8)12(17)16-7-9-6-15-3-4-18-9/h1-2,5,9,15H,3-4,6-7H2,(H,16,17). The van der Waals surface area contributed by atoms with Gasteiger partial charge in [-0.25, -0.2) is 0 Å². The van der Waals surface area contributed by atoms with Crippen LogP contribution in [0.2, 0.25) is 0 Å². The van der Waals surface area contributed by atoms with Crippen molar-refractivity contribution in [1.82, 2.24) is 10.6 Å². The van der Waals surface area contributed by atoms with E-state index < -0.39 is 0 Å². The summed E-state index contributed by atoms with van der Waals surface area (Å²) in [6.45, 7) is 2.91. The van der Waals surface area contributed by atoms with Crippen molar-refractivity contribution in [1.29, 1.82) is 0 Å². The van der Waals surface area contributed by atoms with Crippen LogP contribution in [0.1, 0.15) is 10.4 Å². The molecule has 2 N–H and O–H groups in total. The first-order valence-electron chi connectivity index (χ1n) is 5.72. The molecule has 6 heteroatoms. The van der Waals surface area contributed by atoms with E-state index in [-0.39, 0.29) is 12.0 Å². The Morgan fingerprint density at radius 1 is 1.61 bits per heavy atom. The zero-order valence-corrected chi connectivity index (χ0v) is 13.5. The van der Waals surface area contributed by atoms with Gasteiger partial charge in [0.1, 0.15) is 0 Å². The average molecular weight is 425 g/mol. The predicted octanol–water partition coefficient (Wildman–Crippen LogP) is 1.77. The summed E-state index contributed by atoms with van der Waals surface area (Å²) in [5.41, 5.74) is 0.689. The van der Waals surface area contributed by atoms with E-state index in [0.29, 0.717) is 18.7 Å². The van der Waals surface area contributed by atoms with E-state index in [0.717, 1.165) is 21.1 Å². The third kappa shape index (κ3) is 3.91. The van der Waals surface area contributed by atoms with Crippen molar-refractivity contribution >= 4 is 44.4 Å². The zero-order chi connectivity index (χ0) is 13.0. The lowest BCUT2D eigenvalue weighted by atomic mass is 10.2. The van der Waals surface area contributed by atoms with E-state index in [9.17, 15) is 4.79 Å². The fourth-order valence-electron chi connectivity index (χ4n) is 1.72. The maximum atomic E-state index is 12.0. The molecule has 1 unspecified atom stereocenters. The summed E-state index contributed by atoms with van der Waals surface area (Å²) in [5.74, 6) is -0.0603. The molecule has 0 bridgehead atoms. The summed E-state index contributed by atoms with van der Waals surface area (Å²) >= 11 is 5.54. The van der Waals surface area contributed by atoms with Gasteiger partial charge in [-0.3, -0.25) is 4.79 Å². The molecule has 1 atom stereocenters. The predicted molar refractivity (Wildman–Crippen MR) is 81.8 cm³/mol. The Hall–Kier alpha value is -0.180. The minimum atomic E-state index is -0.0603. The summed E-state index contributed by atoms with van der Waals surface area (Å²) in [7, 11) is 0. The number of carbonyl (C=O) groups is 1. The van der Waals surface area contributed by atoms with Crippen LogP contribution in [0.25, 0.3) is 0 Å². The molecule has 1 aromatic carbocycles. The minimum Gasteiger partial charge on any atom is -0.374 e. The van der Waals surface area contributed by atoms with Crippen LogP contribution in [0.4, 0.5) is 0 Å². The van der Waals surface area contributed by atoms with E-state index in [4.69, 9.17) is 4.74 Å². The van der Waals surface area contributed by atoms with Crippen LogP contribution in [0.3, 0.4) is 0 Å². The van der Waals surface area contributed by atoms with E-state index in [1.165, 1.54) is 0 Å². The third-order valence-corrected chi connectivity index (χ3v) is 4.10. The summed E-state index contributed by atoms with van der Waals surface area (Å²) in [4.78, 5) is 12.0. The minimum absolute atomic E-state index is 0.0603. The Morgan fingerprint density at radius 2 is 2.44 bits per heavy atom. The van der Waals surface area contributed by atoms with Crippen molar-refractivity contribution in [3.8, 4) is 0 Å². The summed E-state index contributed by atoms with van der Waals surface area (Å²) in [6.07, 6.45) is 0.0625. The molecule has 18 heavy (non-hydrogen) atoms. The van der Waals surface area contributed by atoms with Gasteiger partial charge in [0.25, 0.3) is 5.91 Å². The third-order valence-electron chi connectivity index (χ3n) is 2.67. The second-order valence-corrected chi connectivity index (χ2v) is 6.11. The van der Waals surface area contributed by atoms with Crippen LogP contribution in [-0.4, -0.2) is 38.3 Å². The van der Waals surface area contributed by atoms with Gasteiger partial charge in [-0.2, -0.15) is 0 Å². The molecular weight excluding hydrogens is 411 g/mol. The molecule has 98 valence electrons. The van der Waals surface area contributed by atoms with Gasteiger partial charge in [0.05, 0.1) is 18.3 Å². The van der Waals surface area contributed by atoms with Crippen LogP contribution in [0.15, 0.2) is 22.7 Å². The highest BCUT2D eigenvalue weighted by molar-refractivity contribution is 14.1. The van der Waals surface area contributed by atoms with Crippen LogP contribution in [0.5, 0.6) is 0 Å². The number of nitrogens with one attached hydrogen (secondary N) is 2. The Balaban J connectivity index is 1.92. The second kappa shape index (κ2) is 6.83. The molecule has 1 aliphatic rings. The Bertz CT molecular complexity index is 436. The monoisotopic (exact) mass is 424 g/mol. The van der Waals surface area contributed by atoms with Crippen molar-refractivity contribution in [2.24, 2.45) is 0 Å². The van der Waals surface area contributed by atoms with Crippen LogP contribution in [0, 0.1) is 3.57 Å². The summed E-state index contributed by atoms with van der Waals surface area (Å²) < 4.78 is 7.38. The smallest absolute Gasteiger partial charge is 0.252 e. The second-order valence-electron chi connectivity index (χ2n) is 4.03. The molecule has 0 aromatic heterocycles. The fraction of sp³-hybridized carbons (Fsp3) is 0.417. The lowest BCUT2D eigenvalue weighted by Gasteiger charge is -2.23. The molecule has 0 saturated carbocycles. The van der Waals surface area contributed by atoms with Crippen molar-refractivity contribution in [2.75, 3.05) is 26.2 Å². The molecule has 0 spiro atoms. The van der Waals surface area contributed by atoms with Gasteiger partial charge in [-0.05, 0) is 40.8 Å². The molecule has 1 fully saturated rings. The topological polar surface area (TPSA) is 50.4 Å². The molecule has 0 radical (unpaired) electrons. The Morgan fingerprint density at radius 3 is 3.17 bits per heavy atom. The number of hydrogen-bond acceptors (Lipinski definition) is 3. The zero-order valence-electron chi connectivity index (χ0n) is 9.71. The van der Waals surface area contributed by atoms with Gasteiger partial charge in [0.15, 0.2) is 0 Å². The number of carbonyl (C=O) groups excluding carboxylic acids is 1. The van der Waals surface area contributed by atoms with Crippen LogP contribution < -0.4 is 10.6 Å². The maximum Gasteiger partial charge on any atom is 0.252 e. The average Bonchev–Trinajstić information content (AvgIpc) is 2.40. The lowest BCUT2D eigenvalue weighted by Crippen LogP contribution is -2.45. The SMILES string of the molecule is O=C(NCC1CNCCO1)c1cc(Br)ccc1I. The first-order valence-corrected chi connectivity index (χ1v) is 7.59. The molecule has 1 saturated heterocycles. The van der Waals surface area contributed by atoms with Gasteiger partial charge >= 0.3 is 0 Å². The number of amides is 1. The lowest BCUT2D eigenvalue weighted by molar-refractivity contribution is 0.0287. The summed E-state index contributed by atoms with van der Waals surface area (Å²) in [6, 6.07) is 5.67. The fourth-order valence-corrected chi connectivity index (χ4v) is 2.67. The van der Waals surface area contributed by atoms with E-state index in [1.54, 1.807) is 0 Å². The Kier molecular flexibility index (Phi) is 5.40. The molecule has 1 aromatic rings. The number of hydrogen-bond donors (Lipinski definition) is 2. The largest absolute Gasteiger partial charge is 0.374 e. The highest BCUT2D eigenvalue weighted by Crippen LogP contribution is 2.18. The molecule has 1 aliphatic heterocycles. The van der Waals surface area contributed by atoms with E-state index in [2.05, 4.69) is 49.2 Å². The van der Waals surface area contributed by atoms with E-state index in [1.807, 2.05) is 18.2 Å². The van der Waals surface area contributed by atoms with Crippen LogP contribution >= 0.6 is 38.5 Å². The molecule has 1 amide bonds. The van der Waals surface area contributed by atoms with E-state index >= 15 is 0 Å². The first kappa shape index (κ1) is 14.2. The summed E-state index contributed by atoms with van der Waals surface area (Å²) in [5, 5.41) is 6.14. The number of morpholine rings is 1. The number of ether oxygens (including phenoxy) is 1. The highest BCUT2D eigenvalue weighted by atomic mass is 127. The molecular formula is C12H14BrIN2O2. The molecule has 4 nitrogen and oxygen atoms in total. The number of benzene rings is 1. The molecule has 1 heterocycles. The van der Waals surface area contributed by atoms with Crippen molar-refractivity contribution < 1.29 is 9.53 Å². The quantitative estimate of drug-likeness (QED) is 0.727. The molecule has 0 aliphatic carbocycles. The molecule has 2 rings (SSSR count). The highest BCUT2D eigenvalue weighted by Gasteiger charge is 2.16. The van der Waals surface area contributed by atoms with Crippen molar-refractivity contribution in [3.63, 3.8) is 0 Å². The Labute approximate surface area is 128 Å². The van der Waals surface area contributed by atoms with Gasteiger partial charge < -0.3 is 15.4 Å². The van der Waals surface area contributed by atoms with Gasteiger partial charge in [-0.15, -0.1) is 0 Å². The van der Waals surface area contributed by atoms with Gasteiger partial charge in [0.2, 0.25) is 0 Å². The normalized spacial score (nSPS) is 19.6. The van der Waals surface area contributed by atoms with Gasteiger partial charge in [-0.1, -0.05) is 15.9 Å². The van der Waals surface area contributed by atoms with Crippen molar-refractivity contribution in [3.05, 3.63) is 31.8 Å².